The van der Waals surface area contributed by atoms with E-state index in [4.69, 9.17) is 9.47 Å². The molecule has 0 aliphatic heterocycles. The van der Waals surface area contributed by atoms with E-state index in [0.717, 1.165) is 35.1 Å². The molecule has 6 aromatic rings. The topological polar surface area (TPSA) is 18.5 Å². The lowest BCUT2D eigenvalue weighted by Gasteiger charge is -2.12. The van der Waals surface area contributed by atoms with E-state index in [9.17, 15) is 0 Å². The Morgan fingerprint density at radius 3 is 1.17 bits per heavy atom. The number of benzene rings is 6. The zero-order valence-corrected chi connectivity index (χ0v) is 30.7. The number of allylic oxidation sites excluding steroid dienone is 2. The van der Waals surface area contributed by atoms with Crippen molar-refractivity contribution < 1.29 is 9.47 Å². The molecule has 0 aliphatic carbocycles. The van der Waals surface area contributed by atoms with Gasteiger partial charge in [0.05, 0.1) is 26.7 Å². The zero-order chi connectivity index (χ0) is 36.7. The fourth-order valence-electron chi connectivity index (χ4n) is 6.25. The molecule has 0 bridgehead atoms. The minimum absolute atomic E-state index is 0.701. The summed E-state index contributed by atoms with van der Waals surface area (Å²) < 4.78 is 10.1. The molecular formula is C51H44O2. The minimum atomic E-state index is 0.701. The maximum absolute atomic E-state index is 5.07. The molecule has 0 heterocycles. The second-order valence-corrected chi connectivity index (χ2v) is 12.9. The van der Waals surface area contributed by atoms with Gasteiger partial charge in [-0.25, -0.2) is 0 Å². The summed E-state index contributed by atoms with van der Waals surface area (Å²) in [6.45, 7) is 2.12. The van der Waals surface area contributed by atoms with Crippen molar-refractivity contribution in [3.8, 4) is 57.1 Å². The molecule has 6 rings (SSSR count). The molecule has 2 heteroatoms. The lowest BCUT2D eigenvalue weighted by molar-refractivity contribution is 0.336. The predicted octanol–water partition coefficient (Wildman–Crippen LogP) is 11.6. The Hall–Kier alpha value is -6.48. The Labute approximate surface area is 315 Å². The van der Waals surface area contributed by atoms with E-state index in [-0.39, 0.29) is 0 Å². The van der Waals surface area contributed by atoms with Crippen molar-refractivity contribution in [3.05, 3.63) is 203 Å². The Balaban J connectivity index is 1.22. The Bertz CT molecular complexity index is 2160. The standard InChI is InChI=1S/C51H44O2/c1-39-22-28-46(29-23-39)49-36-50(47-30-24-40(25-31-47)12-8-18-42-14-4-6-16-44(42)20-10-34-52-2)38-51(37-49)48-32-26-41(27-33-48)13-9-19-43-15-5-7-17-45(43)21-11-35-53-3/h4-7,10-11,14-17,22-38H,18-21H2,1-3H3/b34-10+,35-11+. The number of rotatable bonds is 11. The van der Waals surface area contributed by atoms with E-state index in [1.807, 2.05) is 12.2 Å². The summed E-state index contributed by atoms with van der Waals surface area (Å²) in [6.07, 6.45) is 10.6. The molecule has 0 aliphatic rings. The van der Waals surface area contributed by atoms with Crippen molar-refractivity contribution in [2.24, 2.45) is 0 Å². The molecule has 0 amide bonds. The van der Waals surface area contributed by atoms with Crippen molar-refractivity contribution in [3.63, 3.8) is 0 Å². The van der Waals surface area contributed by atoms with E-state index in [0.29, 0.717) is 12.8 Å². The molecule has 0 radical (unpaired) electrons. The fraction of sp³-hybridized carbons (Fsp3) is 0.137. The van der Waals surface area contributed by atoms with Crippen LogP contribution in [0.4, 0.5) is 0 Å². The fourth-order valence-corrected chi connectivity index (χ4v) is 6.25. The summed E-state index contributed by atoms with van der Waals surface area (Å²) >= 11 is 0. The van der Waals surface area contributed by atoms with Crippen molar-refractivity contribution in [1.82, 2.24) is 0 Å². The summed E-state index contributed by atoms with van der Waals surface area (Å²) in [5.74, 6) is 13.5. The van der Waals surface area contributed by atoms with Gasteiger partial charge in [-0.3, -0.25) is 0 Å². The number of hydrogen-bond acceptors (Lipinski definition) is 2. The third-order valence-electron chi connectivity index (χ3n) is 9.15. The Kier molecular flexibility index (Phi) is 12.8. The zero-order valence-electron chi connectivity index (χ0n) is 30.7. The van der Waals surface area contributed by atoms with Crippen LogP contribution in [0.1, 0.15) is 38.9 Å². The molecule has 0 unspecified atom stereocenters. The van der Waals surface area contributed by atoms with Gasteiger partial charge in [0, 0.05) is 24.0 Å². The quantitative estimate of drug-likeness (QED) is 0.0996. The summed E-state index contributed by atoms with van der Waals surface area (Å²) in [7, 11) is 3.34. The highest BCUT2D eigenvalue weighted by Gasteiger charge is 2.08. The van der Waals surface area contributed by atoms with Gasteiger partial charge in [-0.2, -0.15) is 0 Å². The summed E-state index contributed by atoms with van der Waals surface area (Å²) in [4.78, 5) is 0. The predicted molar refractivity (Wildman–Crippen MR) is 221 cm³/mol. The summed E-state index contributed by atoms with van der Waals surface area (Å²) in [6, 6.07) is 49.7. The molecular weight excluding hydrogens is 645 g/mol. The third-order valence-corrected chi connectivity index (χ3v) is 9.15. The number of methoxy groups -OCH3 is 2. The molecule has 0 fully saturated rings. The van der Waals surface area contributed by atoms with Crippen LogP contribution in [0, 0.1) is 30.6 Å². The van der Waals surface area contributed by atoms with Crippen molar-refractivity contribution in [2.75, 3.05) is 14.2 Å². The van der Waals surface area contributed by atoms with Crippen molar-refractivity contribution in [1.29, 1.82) is 0 Å². The van der Waals surface area contributed by atoms with Crippen LogP contribution in [-0.2, 0) is 35.2 Å². The molecule has 53 heavy (non-hydrogen) atoms. The van der Waals surface area contributed by atoms with E-state index in [1.165, 1.54) is 50.1 Å². The molecule has 0 aromatic heterocycles. The van der Waals surface area contributed by atoms with Crippen LogP contribution < -0.4 is 0 Å². The average Bonchev–Trinajstić information content (AvgIpc) is 3.20. The first kappa shape index (κ1) is 36.3. The van der Waals surface area contributed by atoms with Crippen molar-refractivity contribution in [2.45, 2.75) is 32.6 Å². The van der Waals surface area contributed by atoms with Crippen LogP contribution >= 0.6 is 0 Å². The second kappa shape index (κ2) is 18.7. The Morgan fingerprint density at radius 2 is 0.792 bits per heavy atom. The molecule has 0 saturated heterocycles. The van der Waals surface area contributed by atoms with Gasteiger partial charge in [0.25, 0.3) is 0 Å². The Morgan fingerprint density at radius 1 is 0.434 bits per heavy atom. The lowest BCUT2D eigenvalue weighted by atomic mass is 9.92. The van der Waals surface area contributed by atoms with Gasteiger partial charge in [0.2, 0.25) is 0 Å². The molecule has 0 saturated carbocycles. The van der Waals surface area contributed by atoms with E-state index < -0.39 is 0 Å². The van der Waals surface area contributed by atoms with Gasteiger partial charge in [-0.1, -0.05) is 126 Å². The van der Waals surface area contributed by atoms with Crippen LogP contribution in [0.15, 0.2) is 164 Å². The van der Waals surface area contributed by atoms with E-state index in [2.05, 4.69) is 170 Å². The number of aryl methyl sites for hydroxylation is 1. The van der Waals surface area contributed by atoms with E-state index in [1.54, 1.807) is 26.7 Å². The van der Waals surface area contributed by atoms with Gasteiger partial charge >= 0.3 is 0 Å². The van der Waals surface area contributed by atoms with E-state index >= 15 is 0 Å². The maximum Gasteiger partial charge on any atom is 0.0788 e. The SMILES string of the molecule is CO/C=C/Cc1ccccc1CC#Cc1ccc(-c2cc(-c3ccc(C)cc3)cc(-c3ccc(C#CCc4ccccc4C/C=C/OC)cc3)c2)cc1. The monoisotopic (exact) mass is 688 g/mol. The molecule has 260 valence electrons. The van der Waals surface area contributed by atoms with Crippen LogP contribution in [0.5, 0.6) is 0 Å². The highest BCUT2D eigenvalue weighted by molar-refractivity contribution is 5.81. The largest absolute Gasteiger partial charge is 0.505 e. The van der Waals surface area contributed by atoms with Crippen LogP contribution in [0.3, 0.4) is 0 Å². The molecule has 0 atom stereocenters. The van der Waals surface area contributed by atoms with Gasteiger partial charge in [-0.15, -0.1) is 0 Å². The van der Waals surface area contributed by atoms with Gasteiger partial charge in [-0.05, 0) is 130 Å². The summed E-state index contributed by atoms with van der Waals surface area (Å²) in [5.41, 5.74) is 15.3. The van der Waals surface area contributed by atoms with Gasteiger partial charge in [0.1, 0.15) is 0 Å². The highest BCUT2D eigenvalue weighted by atomic mass is 16.5. The van der Waals surface area contributed by atoms with Crippen molar-refractivity contribution >= 4 is 0 Å². The van der Waals surface area contributed by atoms with Crippen LogP contribution in [0.25, 0.3) is 33.4 Å². The first-order valence-electron chi connectivity index (χ1n) is 18.0. The van der Waals surface area contributed by atoms with Crippen LogP contribution in [0.2, 0.25) is 0 Å². The van der Waals surface area contributed by atoms with Gasteiger partial charge in [0.15, 0.2) is 0 Å². The highest BCUT2D eigenvalue weighted by Crippen LogP contribution is 2.33. The first-order chi connectivity index (χ1) is 26.1. The van der Waals surface area contributed by atoms with Crippen LogP contribution in [-0.4, -0.2) is 14.2 Å². The molecule has 0 N–H and O–H groups in total. The van der Waals surface area contributed by atoms with Gasteiger partial charge < -0.3 is 9.47 Å². The molecule has 6 aromatic carbocycles. The minimum Gasteiger partial charge on any atom is -0.505 e. The average molecular weight is 689 g/mol. The molecule has 2 nitrogen and oxygen atoms in total. The lowest BCUT2D eigenvalue weighted by Crippen LogP contribution is -1.91. The smallest absolute Gasteiger partial charge is 0.0788 e. The third kappa shape index (κ3) is 10.3. The second-order valence-electron chi connectivity index (χ2n) is 12.9. The first-order valence-corrected chi connectivity index (χ1v) is 18.0. The summed E-state index contributed by atoms with van der Waals surface area (Å²) in [5, 5.41) is 0. The number of hydrogen-bond donors (Lipinski definition) is 0. The maximum atomic E-state index is 5.07. The molecule has 0 spiro atoms. The normalized spacial score (nSPS) is 10.8. The number of ether oxygens (including phenoxy) is 2.